The number of carbonyl (C=O) groups is 1. The Morgan fingerprint density at radius 2 is 2.26 bits per heavy atom. The van der Waals surface area contributed by atoms with E-state index < -0.39 is 0 Å². The fraction of sp³-hybridized carbons (Fsp3) is 0.500. The number of likely N-dealkylation sites (tertiary alicyclic amines) is 1. The summed E-state index contributed by atoms with van der Waals surface area (Å²) in [5.74, 6) is 1.82. The fourth-order valence-corrected chi connectivity index (χ4v) is 3.27. The van der Waals surface area contributed by atoms with Gasteiger partial charge in [0.15, 0.2) is 11.5 Å². The number of aryl methyl sites for hydroxylation is 1. The molecule has 1 atom stereocenters. The Kier molecular flexibility index (Phi) is 3.57. The molecule has 1 N–H and O–H groups in total. The number of hydrogen-bond donors (Lipinski definition) is 1. The maximum atomic E-state index is 12.4. The quantitative estimate of drug-likeness (QED) is 0.942. The molecule has 2 saturated heterocycles. The minimum atomic E-state index is -0.0824. The van der Waals surface area contributed by atoms with Gasteiger partial charge >= 0.3 is 6.03 Å². The summed E-state index contributed by atoms with van der Waals surface area (Å²) in [7, 11) is 1.82. The number of urea groups is 1. The van der Waals surface area contributed by atoms with Gasteiger partial charge in [0.05, 0.1) is 12.0 Å². The van der Waals surface area contributed by atoms with Gasteiger partial charge in [0.1, 0.15) is 0 Å². The lowest BCUT2D eigenvalue weighted by atomic mass is 9.85. The van der Waals surface area contributed by atoms with Crippen LogP contribution in [0.3, 0.4) is 0 Å². The van der Waals surface area contributed by atoms with Gasteiger partial charge in [-0.1, -0.05) is 0 Å². The van der Waals surface area contributed by atoms with Crippen molar-refractivity contribution in [3.05, 3.63) is 24.6 Å². The highest BCUT2D eigenvalue weighted by atomic mass is 16.5. The molecule has 7 heteroatoms. The van der Waals surface area contributed by atoms with Crippen LogP contribution >= 0.6 is 0 Å². The van der Waals surface area contributed by atoms with Crippen molar-refractivity contribution in [1.82, 2.24) is 14.7 Å². The van der Waals surface area contributed by atoms with Crippen molar-refractivity contribution in [2.24, 2.45) is 18.9 Å². The maximum absolute atomic E-state index is 12.4. The zero-order valence-corrected chi connectivity index (χ0v) is 13.1. The van der Waals surface area contributed by atoms with Gasteiger partial charge in [-0.25, -0.2) is 4.79 Å². The molecule has 2 aliphatic rings. The monoisotopic (exact) mass is 316 g/mol. The topological polar surface area (TPSA) is 72.5 Å². The summed E-state index contributed by atoms with van der Waals surface area (Å²) in [5, 5.41) is 7.31. The second-order valence-electron chi connectivity index (χ2n) is 6.26. The molecular formula is C16H20N4O3. The van der Waals surface area contributed by atoms with Crippen LogP contribution in [0, 0.1) is 11.8 Å². The summed E-state index contributed by atoms with van der Waals surface area (Å²) >= 11 is 0. The van der Waals surface area contributed by atoms with Gasteiger partial charge in [-0.05, 0) is 30.4 Å². The largest absolute Gasteiger partial charge is 0.463 e. The number of hydrogen-bond acceptors (Lipinski definition) is 4. The maximum Gasteiger partial charge on any atom is 0.321 e. The normalized spacial score (nSPS) is 21.4. The summed E-state index contributed by atoms with van der Waals surface area (Å²) in [5.41, 5.74) is 1.31. The van der Waals surface area contributed by atoms with Crippen molar-refractivity contribution in [3.8, 4) is 11.5 Å². The van der Waals surface area contributed by atoms with E-state index in [0.717, 1.165) is 32.7 Å². The van der Waals surface area contributed by atoms with E-state index in [1.165, 1.54) is 0 Å². The summed E-state index contributed by atoms with van der Waals surface area (Å²) in [6.45, 7) is 3.30. The van der Waals surface area contributed by atoms with E-state index in [-0.39, 0.29) is 6.03 Å². The molecule has 23 heavy (non-hydrogen) atoms. The van der Waals surface area contributed by atoms with Crippen LogP contribution in [0.15, 0.2) is 29.0 Å². The van der Waals surface area contributed by atoms with Gasteiger partial charge in [0, 0.05) is 39.5 Å². The second kappa shape index (κ2) is 5.73. The predicted octanol–water partition coefficient (Wildman–Crippen LogP) is 2.18. The molecule has 0 spiro atoms. The van der Waals surface area contributed by atoms with E-state index in [4.69, 9.17) is 9.15 Å². The van der Waals surface area contributed by atoms with Crippen molar-refractivity contribution >= 4 is 11.7 Å². The van der Waals surface area contributed by atoms with Crippen LogP contribution in [0.2, 0.25) is 0 Å². The molecular weight excluding hydrogens is 296 g/mol. The van der Waals surface area contributed by atoms with Crippen molar-refractivity contribution in [1.29, 1.82) is 0 Å². The van der Waals surface area contributed by atoms with E-state index in [9.17, 15) is 4.79 Å². The Balaban J connectivity index is 1.40. The Morgan fingerprint density at radius 3 is 2.96 bits per heavy atom. The molecule has 4 rings (SSSR count). The molecule has 4 heterocycles. The van der Waals surface area contributed by atoms with Crippen molar-refractivity contribution < 1.29 is 13.9 Å². The van der Waals surface area contributed by atoms with Gasteiger partial charge < -0.3 is 19.4 Å². The number of amides is 2. The molecule has 122 valence electrons. The van der Waals surface area contributed by atoms with Crippen LogP contribution in [0.25, 0.3) is 11.5 Å². The Hall–Kier alpha value is -2.28. The molecule has 2 amide bonds. The first-order chi connectivity index (χ1) is 11.2. The van der Waals surface area contributed by atoms with Gasteiger partial charge in [0.2, 0.25) is 0 Å². The number of nitrogens with zero attached hydrogens (tertiary/aromatic N) is 3. The number of aromatic nitrogens is 2. The number of rotatable bonds is 3. The molecule has 0 aromatic carbocycles. The van der Waals surface area contributed by atoms with E-state index >= 15 is 0 Å². The first-order valence-electron chi connectivity index (χ1n) is 7.92. The highest BCUT2D eigenvalue weighted by molar-refractivity contribution is 5.93. The lowest BCUT2D eigenvalue weighted by Crippen LogP contribution is -2.54. The number of furan rings is 1. The van der Waals surface area contributed by atoms with Crippen molar-refractivity contribution in [3.63, 3.8) is 0 Å². The molecule has 7 nitrogen and oxygen atoms in total. The minimum Gasteiger partial charge on any atom is -0.463 e. The van der Waals surface area contributed by atoms with Crippen LogP contribution in [0.5, 0.6) is 0 Å². The van der Waals surface area contributed by atoms with Crippen molar-refractivity contribution in [2.45, 2.75) is 6.42 Å². The third-order valence-corrected chi connectivity index (χ3v) is 4.65. The summed E-state index contributed by atoms with van der Waals surface area (Å²) in [6, 6.07) is 3.55. The zero-order valence-electron chi connectivity index (χ0n) is 13.1. The van der Waals surface area contributed by atoms with E-state index in [2.05, 4.69) is 10.4 Å². The molecule has 1 unspecified atom stereocenters. The SMILES string of the molecule is Cn1cc(NC(=O)N2CC(C3CCOC3)C2)c(-c2ccco2)n1. The van der Waals surface area contributed by atoms with Crippen LogP contribution in [-0.2, 0) is 11.8 Å². The van der Waals surface area contributed by atoms with E-state index in [0.29, 0.717) is 29.0 Å². The lowest BCUT2D eigenvalue weighted by Gasteiger charge is -2.41. The third kappa shape index (κ3) is 2.72. The first kappa shape index (κ1) is 14.3. The van der Waals surface area contributed by atoms with E-state index in [1.807, 2.05) is 18.0 Å². The fourth-order valence-electron chi connectivity index (χ4n) is 3.27. The van der Waals surface area contributed by atoms with Crippen LogP contribution in [0.1, 0.15) is 6.42 Å². The Morgan fingerprint density at radius 1 is 1.39 bits per heavy atom. The Bertz CT molecular complexity index is 682. The smallest absolute Gasteiger partial charge is 0.321 e. The third-order valence-electron chi connectivity index (χ3n) is 4.65. The van der Waals surface area contributed by atoms with Crippen LogP contribution < -0.4 is 5.32 Å². The number of ether oxygens (including phenoxy) is 1. The first-order valence-corrected chi connectivity index (χ1v) is 7.92. The highest BCUT2D eigenvalue weighted by Crippen LogP contribution is 2.31. The number of anilines is 1. The van der Waals surface area contributed by atoms with Gasteiger partial charge in [-0.2, -0.15) is 5.10 Å². The molecule has 2 fully saturated rings. The summed E-state index contributed by atoms with van der Waals surface area (Å²) < 4.78 is 12.5. The predicted molar refractivity (Wildman–Crippen MR) is 83.9 cm³/mol. The Labute approximate surface area is 134 Å². The average molecular weight is 316 g/mol. The standard InChI is InChI=1S/C16H20N4O3/c1-19-9-13(15(18-19)14-3-2-5-23-14)17-16(21)20-7-12(8-20)11-4-6-22-10-11/h2-3,5,9,11-12H,4,6-8,10H2,1H3,(H,17,21). The van der Waals surface area contributed by atoms with Gasteiger partial charge in [0.25, 0.3) is 0 Å². The average Bonchev–Trinajstić information content (AvgIpc) is 3.18. The van der Waals surface area contributed by atoms with Crippen LogP contribution in [0.4, 0.5) is 10.5 Å². The van der Waals surface area contributed by atoms with Gasteiger partial charge in [-0.3, -0.25) is 4.68 Å². The number of carbonyl (C=O) groups excluding carboxylic acids is 1. The highest BCUT2D eigenvalue weighted by Gasteiger charge is 2.37. The number of nitrogens with one attached hydrogen (secondary N) is 1. The molecule has 2 aromatic rings. The second-order valence-corrected chi connectivity index (χ2v) is 6.26. The van der Waals surface area contributed by atoms with E-state index in [1.54, 1.807) is 23.2 Å². The zero-order chi connectivity index (χ0) is 15.8. The minimum absolute atomic E-state index is 0.0824. The van der Waals surface area contributed by atoms with Crippen LogP contribution in [-0.4, -0.2) is 47.0 Å². The summed E-state index contributed by atoms with van der Waals surface area (Å²) in [6.07, 6.45) is 4.50. The molecule has 0 saturated carbocycles. The molecule has 0 aliphatic carbocycles. The van der Waals surface area contributed by atoms with Crippen molar-refractivity contribution in [2.75, 3.05) is 31.6 Å². The molecule has 2 aromatic heterocycles. The molecule has 0 bridgehead atoms. The summed E-state index contributed by atoms with van der Waals surface area (Å²) in [4.78, 5) is 14.2. The molecule has 2 aliphatic heterocycles. The molecule has 0 radical (unpaired) electrons. The van der Waals surface area contributed by atoms with Gasteiger partial charge in [-0.15, -0.1) is 0 Å². The lowest BCUT2D eigenvalue weighted by molar-refractivity contribution is 0.0806.